The molecule has 2 aliphatic carbocycles. The maximum absolute atomic E-state index is 12.4. The number of aromatic nitrogens is 1. The Bertz CT molecular complexity index is 1090. The maximum Gasteiger partial charge on any atom is 0.412 e. The number of nitrogens with zero attached hydrogens (tertiary/aromatic N) is 2. The Labute approximate surface area is 213 Å². The molecule has 2 aromatic rings. The van der Waals surface area contributed by atoms with Gasteiger partial charge in [-0.25, -0.2) is 4.79 Å². The van der Waals surface area contributed by atoms with E-state index in [2.05, 4.69) is 28.2 Å². The average molecular weight is 494 g/mol. The van der Waals surface area contributed by atoms with E-state index in [1.807, 2.05) is 30.3 Å². The second-order valence-corrected chi connectivity index (χ2v) is 11.2. The molecule has 1 aliphatic heterocycles. The number of nitrogens with one attached hydrogen (secondary N) is 1. The van der Waals surface area contributed by atoms with Gasteiger partial charge in [0.15, 0.2) is 0 Å². The molecule has 3 aliphatic rings. The number of rotatable bonds is 6. The third-order valence-corrected chi connectivity index (χ3v) is 9.08. The van der Waals surface area contributed by atoms with Crippen molar-refractivity contribution in [3.05, 3.63) is 59.4 Å². The van der Waals surface area contributed by atoms with Crippen molar-refractivity contribution >= 4 is 6.09 Å². The van der Waals surface area contributed by atoms with Crippen molar-refractivity contribution in [3.63, 3.8) is 0 Å². The van der Waals surface area contributed by atoms with Crippen LogP contribution in [0.25, 0.3) is 0 Å². The molecule has 1 saturated carbocycles. The van der Waals surface area contributed by atoms with Crippen LogP contribution in [0.4, 0.5) is 4.79 Å². The van der Waals surface area contributed by atoms with Gasteiger partial charge in [0.25, 0.3) is 0 Å². The molecule has 2 heterocycles. The van der Waals surface area contributed by atoms with Crippen LogP contribution < -0.4 is 10.1 Å². The molecule has 1 aromatic carbocycles. The zero-order valence-electron chi connectivity index (χ0n) is 21.5. The van der Waals surface area contributed by atoms with Crippen LogP contribution in [0.1, 0.15) is 69.2 Å². The highest BCUT2D eigenvalue weighted by molar-refractivity contribution is 5.70. The van der Waals surface area contributed by atoms with Crippen LogP contribution >= 0.6 is 0 Å². The summed E-state index contributed by atoms with van der Waals surface area (Å²) in [7, 11) is 0. The van der Waals surface area contributed by atoms with Crippen molar-refractivity contribution in [1.82, 2.24) is 15.2 Å². The summed E-state index contributed by atoms with van der Waals surface area (Å²) in [6.45, 7) is 7.56. The lowest BCUT2D eigenvalue weighted by atomic mass is 9.49. The molecule has 4 atom stereocenters. The third kappa shape index (κ3) is 4.42. The zero-order valence-corrected chi connectivity index (χ0v) is 21.5. The number of amides is 1. The van der Waals surface area contributed by atoms with Crippen LogP contribution in [0.15, 0.2) is 42.6 Å². The van der Waals surface area contributed by atoms with E-state index in [0.717, 1.165) is 44.5 Å². The Morgan fingerprint density at radius 3 is 2.75 bits per heavy atom. The van der Waals surface area contributed by atoms with E-state index >= 15 is 0 Å². The van der Waals surface area contributed by atoms with E-state index in [0.29, 0.717) is 30.8 Å². The van der Waals surface area contributed by atoms with Crippen LogP contribution in [0.2, 0.25) is 0 Å². The Kier molecular flexibility index (Phi) is 6.83. The fourth-order valence-electron chi connectivity index (χ4n) is 7.08. The fraction of sp³-hybridized carbons (Fsp3) is 0.586. The summed E-state index contributed by atoms with van der Waals surface area (Å²) in [6, 6.07) is 11.4. The van der Waals surface area contributed by atoms with Gasteiger partial charge in [0.05, 0.1) is 11.3 Å². The number of hydrogen-bond donors (Lipinski definition) is 3. The Balaban J connectivity index is 1.33. The normalized spacial score (nSPS) is 31.9. The second kappa shape index (κ2) is 9.77. The van der Waals surface area contributed by atoms with Gasteiger partial charge >= 0.3 is 6.09 Å². The number of pyridine rings is 1. The summed E-state index contributed by atoms with van der Waals surface area (Å²) in [5.74, 6) is 0.757. The van der Waals surface area contributed by atoms with Crippen molar-refractivity contribution in [2.75, 3.05) is 26.2 Å². The first-order valence-electron chi connectivity index (χ1n) is 13.5. The van der Waals surface area contributed by atoms with E-state index in [9.17, 15) is 15.0 Å². The van der Waals surface area contributed by atoms with Gasteiger partial charge in [-0.05, 0) is 106 Å². The third-order valence-electron chi connectivity index (χ3n) is 9.08. The molecular formula is C29H39N3O4. The van der Waals surface area contributed by atoms with Crippen LogP contribution in [-0.4, -0.2) is 58.0 Å². The molecule has 0 bridgehead atoms. The number of aliphatic hydroxyl groups is 2. The van der Waals surface area contributed by atoms with Gasteiger partial charge < -0.3 is 25.2 Å². The lowest BCUT2D eigenvalue weighted by Crippen LogP contribution is -2.62. The van der Waals surface area contributed by atoms with Crippen LogP contribution in [-0.2, 0) is 17.4 Å². The number of benzene rings is 1. The van der Waals surface area contributed by atoms with E-state index in [4.69, 9.17) is 4.74 Å². The van der Waals surface area contributed by atoms with Crippen molar-refractivity contribution < 1.29 is 19.7 Å². The smallest absolute Gasteiger partial charge is 0.410 e. The van der Waals surface area contributed by atoms with Gasteiger partial charge in [0.1, 0.15) is 11.4 Å². The van der Waals surface area contributed by atoms with Crippen molar-refractivity contribution in [2.24, 2.45) is 5.92 Å². The number of aryl methyl sites for hydroxylation is 1. The molecule has 0 spiro atoms. The van der Waals surface area contributed by atoms with Gasteiger partial charge in [-0.15, -0.1) is 0 Å². The van der Waals surface area contributed by atoms with Gasteiger partial charge in [-0.1, -0.05) is 19.1 Å². The molecule has 2 fully saturated rings. The van der Waals surface area contributed by atoms with Gasteiger partial charge in [0.2, 0.25) is 0 Å². The molecule has 3 N–H and O–H groups in total. The van der Waals surface area contributed by atoms with Crippen molar-refractivity contribution in [1.29, 1.82) is 0 Å². The number of ether oxygens (including phenoxy) is 1. The minimum Gasteiger partial charge on any atom is -0.410 e. The number of hydrogen-bond acceptors (Lipinski definition) is 6. The standard InChI is InChI=1S/C29H39N3O4/c1-3-28-20-27(2,34)29(35,25-8-4-5-13-30-25)19-22(28)10-9-21-18-23(11-12-24(21)28)36-26(33)31-14-17-32-15-6-7-16-32/h4-5,8,11-13,18,22,34-35H,3,6-7,9-10,14-17,19-20H2,1-2H3,(H,31,33). The summed E-state index contributed by atoms with van der Waals surface area (Å²) < 4.78 is 5.61. The van der Waals surface area contributed by atoms with Crippen molar-refractivity contribution in [2.45, 2.75) is 75.4 Å². The molecular weight excluding hydrogens is 454 g/mol. The van der Waals surface area contributed by atoms with E-state index in [1.165, 1.54) is 18.4 Å². The number of carbonyl (C=O) groups excluding carboxylic acids is 1. The Morgan fingerprint density at radius 2 is 2.03 bits per heavy atom. The summed E-state index contributed by atoms with van der Waals surface area (Å²) >= 11 is 0. The van der Waals surface area contributed by atoms with Crippen LogP contribution in [0.5, 0.6) is 5.75 Å². The second-order valence-electron chi connectivity index (χ2n) is 11.2. The monoisotopic (exact) mass is 493 g/mol. The molecule has 0 radical (unpaired) electrons. The number of carbonyl (C=O) groups is 1. The molecule has 1 aromatic heterocycles. The highest BCUT2D eigenvalue weighted by Gasteiger charge is 2.61. The van der Waals surface area contributed by atoms with Gasteiger partial charge in [-0.3, -0.25) is 4.98 Å². The van der Waals surface area contributed by atoms with Gasteiger partial charge in [-0.2, -0.15) is 0 Å². The zero-order chi connectivity index (χ0) is 25.4. The lowest BCUT2D eigenvalue weighted by molar-refractivity contribution is -0.207. The van der Waals surface area contributed by atoms with Crippen LogP contribution in [0, 0.1) is 5.92 Å². The van der Waals surface area contributed by atoms with E-state index in [1.54, 1.807) is 13.1 Å². The first kappa shape index (κ1) is 25.2. The summed E-state index contributed by atoms with van der Waals surface area (Å²) in [5.41, 5.74) is -0.0989. The molecule has 7 heteroatoms. The molecule has 4 unspecified atom stereocenters. The van der Waals surface area contributed by atoms with Crippen molar-refractivity contribution in [3.8, 4) is 5.75 Å². The predicted molar refractivity (Wildman–Crippen MR) is 138 cm³/mol. The lowest BCUT2D eigenvalue weighted by Gasteiger charge is -2.58. The Hall–Kier alpha value is -2.48. The molecule has 36 heavy (non-hydrogen) atoms. The SMILES string of the molecule is CCC12CC(C)(O)C(O)(c3ccccn3)CC1CCc1cc(OC(=O)NCCN3CCCC3)ccc12. The Morgan fingerprint density at radius 1 is 1.22 bits per heavy atom. The molecule has 1 amide bonds. The first-order valence-corrected chi connectivity index (χ1v) is 13.5. The van der Waals surface area contributed by atoms with Gasteiger partial charge in [0, 0.05) is 24.7 Å². The van der Waals surface area contributed by atoms with E-state index in [-0.39, 0.29) is 11.3 Å². The molecule has 1 saturated heterocycles. The first-order chi connectivity index (χ1) is 17.3. The summed E-state index contributed by atoms with van der Waals surface area (Å²) in [4.78, 5) is 19.1. The topological polar surface area (TPSA) is 94.9 Å². The molecule has 7 nitrogen and oxygen atoms in total. The minimum atomic E-state index is -1.40. The predicted octanol–water partition coefficient (Wildman–Crippen LogP) is 3.91. The number of likely N-dealkylation sites (tertiary alicyclic amines) is 1. The summed E-state index contributed by atoms with van der Waals surface area (Å²) in [6.07, 6.45) is 7.22. The highest BCUT2D eigenvalue weighted by Crippen LogP contribution is 2.59. The molecule has 5 rings (SSSR count). The summed E-state index contributed by atoms with van der Waals surface area (Å²) in [5, 5.41) is 26.3. The van der Waals surface area contributed by atoms with Crippen LogP contribution in [0.3, 0.4) is 0 Å². The quantitative estimate of drug-likeness (QED) is 0.565. The maximum atomic E-state index is 12.4. The van der Waals surface area contributed by atoms with E-state index < -0.39 is 17.3 Å². The fourth-order valence-corrected chi connectivity index (χ4v) is 7.08. The molecule has 194 valence electrons. The number of fused-ring (bicyclic) bond motifs is 3. The largest absolute Gasteiger partial charge is 0.412 e. The highest BCUT2D eigenvalue weighted by atomic mass is 16.6. The average Bonchev–Trinajstić information content (AvgIpc) is 3.38. The minimum absolute atomic E-state index is 0.211.